The van der Waals surface area contributed by atoms with Crippen LogP contribution in [0.5, 0.6) is 0 Å². The van der Waals surface area contributed by atoms with Crippen molar-refractivity contribution >= 4 is 11.6 Å². The van der Waals surface area contributed by atoms with E-state index in [1.165, 1.54) is 19.3 Å². The van der Waals surface area contributed by atoms with Gasteiger partial charge in [0.15, 0.2) is 0 Å². The second kappa shape index (κ2) is 10.1. The Kier molecular flexibility index (Phi) is 8.51. The largest absolute Gasteiger partial charge is 0.392 e. The first kappa shape index (κ1) is 21.0. The van der Waals surface area contributed by atoms with Crippen molar-refractivity contribution in [2.75, 3.05) is 0 Å². The molecule has 2 aliphatic carbocycles. The van der Waals surface area contributed by atoms with Gasteiger partial charge in [-0.2, -0.15) is 0 Å². The van der Waals surface area contributed by atoms with Crippen LogP contribution in [0.15, 0.2) is 24.3 Å². The highest BCUT2D eigenvalue weighted by Gasteiger charge is 2.42. The lowest BCUT2D eigenvalue weighted by molar-refractivity contribution is -0.0355. The third-order valence-corrected chi connectivity index (χ3v) is 7.15. The summed E-state index contributed by atoms with van der Waals surface area (Å²) in [4.78, 5) is 0. The molecular weight excluding hydrogens is 332 g/mol. The number of halogens is 1. The number of rotatable bonds is 10. The van der Waals surface area contributed by atoms with Crippen molar-refractivity contribution in [3.63, 3.8) is 0 Å². The zero-order chi connectivity index (χ0) is 18.3. The molecule has 0 saturated heterocycles. The monoisotopic (exact) mass is 368 g/mol. The van der Waals surface area contributed by atoms with Crippen molar-refractivity contribution in [3.8, 4) is 0 Å². The molecule has 0 aromatic rings. The van der Waals surface area contributed by atoms with Crippen LogP contribution in [0.25, 0.3) is 0 Å². The topological polar surface area (TPSA) is 40.5 Å². The van der Waals surface area contributed by atoms with Crippen molar-refractivity contribution in [1.29, 1.82) is 0 Å². The summed E-state index contributed by atoms with van der Waals surface area (Å²) in [7, 11) is 0. The van der Waals surface area contributed by atoms with Gasteiger partial charge < -0.3 is 10.2 Å². The van der Waals surface area contributed by atoms with Crippen molar-refractivity contribution in [1.82, 2.24) is 0 Å². The maximum atomic E-state index is 10.6. The summed E-state index contributed by atoms with van der Waals surface area (Å²) in [5, 5.41) is 21.0. The van der Waals surface area contributed by atoms with Gasteiger partial charge >= 0.3 is 0 Å². The molecule has 0 aromatic carbocycles. The predicted molar refractivity (Wildman–Crippen MR) is 107 cm³/mol. The Labute approximate surface area is 159 Å². The summed E-state index contributed by atoms with van der Waals surface area (Å²) >= 11 is 6.50. The Morgan fingerprint density at radius 1 is 1.20 bits per heavy atom. The molecule has 2 fully saturated rings. The van der Waals surface area contributed by atoms with Gasteiger partial charge in [0.05, 0.1) is 12.2 Å². The number of allylic oxidation sites excluding steroid dienone is 2. The molecule has 25 heavy (non-hydrogen) atoms. The third-order valence-electron chi connectivity index (χ3n) is 6.65. The molecule has 2 aliphatic rings. The average molecular weight is 369 g/mol. The molecule has 3 heteroatoms. The van der Waals surface area contributed by atoms with Crippen LogP contribution in [-0.4, -0.2) is 27.8 Å². The van der Waals surface area contributed by atoms with Crippen LogP contribution in [0, 0.1) is 17.3 Å². The Morgan fingerprint density at radius 3 is 2.56 bits per heavy atom. The lowest BCUT2D eigenvalue weighted by Crippen LogP contribution is -2.40. The molecule has 0 aromatic heterocycles. The molecule has 2 N–H and O–H groups in total. The van der Waals surface area contributed by atoms with Crippen LogP contribution >= 0.6 is 11.6 Å². The third kappa shape index (κ3) is 5.34. The van der Waals surface area contributed by atoms with E-state index in [1.807, 2.05) is 0 Å². The second-order valence-electron chi connectivity index (χ2n) is 8.16. The lowest BCUT2D eigenvalue weighted by atomic mass is 9.63. The van der Waals surface area contributed by atoms with Gasteiger partial charge in [-0.05, 0) is 56.3 Å². The number of aliphatic hydroxyl groups is 2. The standard InChI is InChI=1S/C22H37ClO2/c1-3-5-6-7-8-11-17-18(20(24)16-19(17)23)12-9-13-21(25)22(4-2)14-10-15-22/h7-9,12,17-21,24-25H,3-6,10-11,13-16H2,1-2H3/b8-7-,12-9+/t17-,18-,19-,20-,21?/m1/s1. The van der Waals surface area contributed by atoms with Gasteiger partial charge in [0.2, 0.25) is 0 Å². The van der Waals surface area contributed by atoms with E-state index in [2.05, 4.69) is 38.2 Å². The zero-order valence-electron chi connectivity index (χ0n) is 16.0. The molecular formula is C22H37ClO2. The minimum atomic E-state index is -0.353. The molecule has 0 amide bonds. The van der Waals surface area contributed by atoms with Crippen LogP contribution in [-0.2, 0) is 0 Å². The second-order valence-corrected chi connectivity index (χ2v) is 8.72. The summed E-state index contributed by atoms with van der Waals surface area (Å²) < 4.78 is 0. The van der Waals surface area contributed by atoms with Crippen LogP contribution in [0.4, 0.5) is 0 Å². The van der Waals surface area contributed by atoms with Gasteiger partial charge in [-0.25, -0.2) is 0 Å². The minimum absolute atomic E-state index is 0.0408. The fourth-order valence-corrected chi connectivity index (χ4v) is 4.98. The predicted octanol–water partition coefficient (Wildman–Crippen LogP) is 5.61. The number of aliphatic hydroxyl groups excluding tert-OH is 2. The maximum absolute atomic E-state index is 10.6. The molecule has 1 unspecified atom stereocenters. The first-order valence-electron chi connectivity index (χ1n) is 10.4. The molecule has 0 spiro atoms. The number of unbranched alkanes of at least 4 members (excludes halogenated alkanes) is 2. The molecule has 144 valence electrons. The lowest BCUT2D eigenvalue weighted by Gasteiger charge is -2.45. The Balaban J connectivity index is 1.87. The van der Waals surface area contributed by atoms with Crippen LogP contribution in [0.3, 0.4) is 0 Å². The van der Waals surface area contributed by atoms with E-state index in [1.54, 1.807) is 0 Å². The zero-order valence-corrected chi connectivity index (χ0v) is 16.8. The van der Waals surface area contributed by atoms with E-state index in [0.29, 0.717) is 18.8 Å². The Bertz CT molecular complexity index is 436. The van der Waals surface area contributed by atoms with Crippen LogP contribution in [0.2, 0.25) is 0 Å². The van der Waals surface area contributed by atoms with Crippen LogP contribution in [0.1, 0.15) is 78.1 Å². The smallest absolute Gasteiger partial charge is 0.0630 e. The molecule has 0 radical (unpaired) electrons. The first-order valence-corrected chi connectivity index (χ1v) is 10.8. The van der Waals surface area contributed by atoms with E-state index in [-0.39, 0.29) is 28.9 Å². The molecule has 2 nitrogen and oxygen atoms in total. The van der Waals surface area contributed by atoms with Gasteiger partial charge in [0.1, 0.15) is 0 Å². The number of hydrogen-bond acceptors (Lipinski definition) is 2. The fraction of sp³-hybridized carbons (Fsp3) is 0.818. The number of hydrogen-bond donors (Lipinski definition) is 2. The molecule has 5 atom stereocenters. The Morgan fingerprint density at radius 2 is 1.96 bits per heavy atom. The van der Waals surface area contributed by atoms with E-state index < -0.39 is 0 Å². The van der Waals surface area contributed by atoms with Crippen molar-refractivity contribution in [2.45, 2.75) is 95.6 Å². The molecule has 2 saturated carbocycles. The van der Waals surface area contributed by atoms with E-state index >= 15 is 0 Å². The molecule has 0 heterocycles. The summed E-state index contributed by atoms with van der Waals surface area (Å²) in [6, 6.07) is 0. The van der Waals surface area contributed by atoms with Crippen molar-refractivity contribution in [3.05, 3.63) is 24.3 Å². The van der Waals surface area contributed by atoms with E-state index in [9.17, 15) is 10.2 Å². The van der Waals surface area contributed by atoms with Crippen molar-refractivity contribution < 1.29 is 10.2 Å². The van der Waals surface area contributed by atoms with Crippen molar-refractivity contribution in [2.24, 2.45) is 17.3 Å². The summed E-state index contributed by atoms with van der Waals surface area (Å²) in [6.45, 7) is 4.39. The maximum Gasteiger partial charge on any atom is 0.0630 e. The first-order chi connectivity index (χ1) is 12.0. The highest BCUT2D eigenvalue weighted by atomic mass is 35.5. The highest BCUT2D eigenvalue weighted by Crippen LogP contribution is 2.47. The van der Waals surface area contributed by atoms with Gasteiger partial charge in [-0.15, -0.1) is 11.6 Å². The SMILES string of the molecule is CCCC/C=C\C[C@@H]1[C@@H](/C=C/CC(O)C2(CC)CCC2)[C@H](O)C[C@H]1Cl. The molecule has 0 bridgehead atoms. The highest BCUT2D eigenvalue weighted by molar-refractivity contribution is 6.21. The molecule has 0 aliphatic heterocycles. The minimum Gasteiger partial charge on any atom is -0.392 e. The normalized spacial score (nSPS) is 33.2. The molecule has 2 rings (SSSR count). The van der Waals surface area contributed by atoms with Gasteiger partial charge in [-0.1, -0.05) is 57.4 Å². The van der Waals surface area contributed by atoms with E-state index in [4.69, 9.17) is 11.6 Å². The van der Waals surface area contributed by atoms with Gasteiger partial charge in [0, 0.05) is 11.3 Å². The van der Waals surface area contributed by atoms with Gasteiger partial charge in [0.25, 0.3) is 0 Å². The number of alkyl halides is 1. The Hall–Kier alpha value is -0.310. The van der Waals surface area contributed by atoms with Crippen LogP contribution < -0.4 is 0 Å². The fourth-order valence-electron chi connectivity index (χ4n) is 4.53. The average Bonchev–Trinajstić information content (AvgIpc) is 2.81. The summed E-state index contributed by atoms with van der Waals surface area (Å²) in [5.41, 5.74) is 0.148. The summed E-state index contributed by atoms with van der Waals surface area (Å²) in [5.74, 6) is 0.413. The quantitative estimate of drug-likeness (QED) is 0.298. The van der Waals surface area contributed by atoms with Gasteiger partial charge in [-0.3, -0.25) is 0 Å². The summed E-state index contributed by atoms with van der Waals surface area (Å²) in [6.07, 6.45) is 18.6. The van der Waals surface area contributed by atoms with E-state index in [0.717, 1.165) is 32.1 Å².